The predicted octanol–water partition coefficient (Wildman–Crippen LogP) is 5.73. The first-order valence-corrected chi connectivity index (χ1v) is 9.38. The van der Waals surface area contributed by atoms with Crippen molar-refractivity contribution in [3.05, 3.63) is 64.6 Å². The van der Waals surface area contributed by atoms with E-state index in [9.17, 15) is 9.90 Å². The van der Waals surface area contributed by atoms with Gasteiger partial charge in [0.15, 0.2) is 0 Å². The van der Waals surface area contributed by atoms with Crippen molar-refractivity contribution in [3.8, 4) is 11.5 Å². The number of hydrogen-bond acceptors (Lipinski definition) is 4. The van der Waals surface area contributed by atoms with Gasteiger partial charge in [0.05, 0.1) is 10.9 Å². The highest BCUT2D eigenvalue weighted by Gasteiger charge is 2.42. The number of rotatable bonds is 4. The van der Waals surface area contributed by atoms with Gasteiger partial charge >= 0.3 is 5.63 Å². The van der Waals surface area contributed by atoms with Crippen LogP contribution < -0.4 is 10.4 Å². The minimum absolute atomic E-state index is 0.0326. The molecule has 3 rings (SSSR count). The van der Waals surface area contributed by atoms with Crippen molar-refractivity contribution < 1.29 is 14.3 Å². The van der Waals surface area contributed by atoms with Crippen LogP contribution in [0.5, 0.6) is 11.5 Å². The maximum Gasteiger partial charge on any atom is 0.336 e. The number of fused-ring (bicyclic) bond motifs is 2. The van der Waals surface area contributed by atoms with Crippen LogP contribution in [0.2, 0.25) is 0 Å². The second-order valence-electron chi connectivity index (χ2n) is 8.99. The van der Waals surface area contributed by atoms with E-state index in [0.717, 1.165) is 5.57 Å². The lowest BCUT2D eigenvalue weighted by atomic mass is 9.73. The Morgan fingerprint density at radius 3 is 2.25 bits per heavy atom. The molecule has 1 aliphatic rings. The minimum atomic E-state index is -0.647. The van der Waals surface area contributed by atoms with Crippen LogP contribution in [0.25, 0.3) is 17.0 Å². The van der Waals surface area contributed by atoms with Crippen molar-refractivity contribution in [1.82, 2.24) is 0 Å². The topological polar surface area (TPSA) is 59.7 Å². The van der Waals surface area contributed by atoms with Gasteiger partial charge in [-0.25, -0.2) is 4.79 Å². The number of benzene rings is 1. The molecule has 0 fully saturated rings. The van der Waals surface area contributed by atoms with Crippen molar-refractivity contribution in [3.63, 3.8) is 0 Å². The lowest BCUT2D eigenvalue weighted by Gasteiger charge is -2.42. The summed E-state index contributed by atoms with van der Waals surface area (Å²) in [5.74, 6) is 0.545. The standard InChI is InChI=1S/C24H28O4/c1-9-22(3,4)16-13-15-19(26)14-11-12-17(25)27-20(14)18(23(5,6)10-2)21(15)28-24(16,7)8/h9-13,26H,1-2H2,3-8H3. The molecule has 2 heterocycles. The summed E-state index contributed by atoms with van der Waals surface area (Å²) in [6.45, 7) is 20.0. The second-order valence-corrected chi connectivity index (χ2v) is 8.99. The van der Waals surface area contributed by atoms with Gasteiger partial charge in [0.2, 0.25) is 0 Å². The van der Waals surface area contributed by atoms with E-state index in [1.165, 1.54) is 6.07 Å². The summed E-state index contributed by atoms with van der Waals surface area (Å²) >= 11 is 0. The average molecular weight is 380 g/mol. The summed E-state index contributed by atoms with van der Waals surface area (Å²) in [4.78, 5) is 11.9. The second kappa shape index (κ2) is 6.13. The molecule has 28 heavy (non-hydrogen) atoms. The molecule has 1 aromatic carbocycles. The molecule has 0 unspecified atom stereocenters. The van der Waals surface area contributed by atoms with Crippen LogP contribution in [0.1, 0.15) is 52.7 Å². The van der Waals surface area contributed by atoms with Gasteiger partial charge in [0.1, 0.15) is 22.7 Å². The molecular formula is C24H28O4. The van der Waals surface area contributed by atoms with Crippen molar-refractivity contribution in [2.24, 2.45) is 5.41 Å². The molecule has 0 saturated carbocycles. The van der Waals surface area contributed by atoms with E-state index in [4.69, 9.17) is 9.15 Å². The molecule has 0 atom stereocenters. The zero-order valence-corrected chi connectivity index (χ0v) is 17.5. The normalized spacial score (nSPS) is 16.1. The monoisotopic (exact) mass is 380 g/mol. The van der Waals surface area contributed by atoms with Crippen LogP contribution in [0.3, 0.4) is 0 Å². The van der Waals surface area contributed by atoms with E-state index in [1.54, 1.807) is 12.1 Å². The summed E-state index contributed by atoms with van der Waals surface area (Å²) in [7, 11) is 0. The van der Waals surface area contributed by atoms with Crippen LogP contribution >= 0.6 is 0 Å². The van der Waals surface area contributed by atoms with Crippen molar-refractivity contribution in [1.29, 1.82) is 0 Å². The maximum absolute atomic E-state index is 11.9. The Labute approximate surface area is 165 Å². The highest BCUT2D eigenvalue weighted by atomic mass is 16.5. The smallest absolute Gasteiger partial charge is 0.336 e. The zero-order chi connectivity index (χ0) is 21.1. The van der Waals surface area contributed by atoms with E-state index in [-0.39, 0.29) is 11.2 Å². The lowest BCUT2D eigenvalue weighted by molar-refractivity contribution is 0.124. The number of phenols is 1. The predicted molar refractivity (Wildman–Crippen MR) is 114 cm³/mol. The van der Waals surface area contributed by atoms with E-state index < -0.39 is 16.6 Å². The molecule has 1 aromatic heterocycles. The molecule has 1 aliphatic heterocycles. The zero-order valence-electron chi connectivity index (χ0n) is 17.5. The first-order valence-electron chi connectivity index (χ1n) is 9.38. The molecule has 0 amide bonds. The summed E-state index contributed by atoms with van der Waals surface area (Å²) in [5.41, 5.74) is 0.584. The Balaban J connectivity index is 2.54. The van der Waals surface area contributed by atoms with Crippen LogP contribution in [0.4, 0.5) is 0 Å². The van der Waals surface area contributed by atoms with E-state index in [0.29, 0.717) is 27.8 Å². The van der Waals surface area contributed by atoms with Gasteiger partial charge in [0, 0.05) is 22.5 Å². The summed E-state index contributed by atoms with van der Waals surface area (Å²) < 4.78 is 12.0. The quantitative estimate of drug-likeness (QED) is 0.544. The van der Waals surface area contributed by atoms with E-state index in [2.05, 4.69) is 27.0 Å². The highest BCUT2D eigenvalue weighted by molar-refractivity contribution is 5.95. The fourth-order valence-electron chi connectivity index (χ4n) is 3.91. The van der Waals surface area contributed by atoms with Gasteiger partial charge in [-0.3, -0.25) is 0 Å². The molecule has 0 bridgehead atoms. The molecule has 1 N–H and O–H groups in total. The molecule has 0 spiro atoms. The first-order chi connectivity index (χ1) is 12.9. The fraction of sp³-hybridized carbons (Fsp3) is 0.375. The van der Waals surface area contributed by atoms with Crippen LogP contribution in [-0.2, 0) is 5.41 Å². The third-order valence-corrected chi connectivity index (χ3v) is 5.70. The Bertz CT molecular complexity index is 1080. The Kier molecular flexibility index (Phi) is 4.38. The van der Waals surface area contributed by atoms with Crippen LogP contribution in [0.15, 0.2) is 52.2 Å². The highest BCUT2D eigenvalue weighted by Crippen LogP contribution is 2.53. The SMILES string of the molecule is C=CC(C)(C)C1=Cc2c(c(C(C)(C)C=C)c3oc(=O)ccc3c2O)OC1(C)C. The minimum Gasteiger partial charge on any atom is -0.506 e. The molecule has 148 valence electrons. The number of allylic oxidation sites excluding steroid dienone is 2. The Morgan fingerprint density at radius 1 is 1.07 bits per heavy atom. The first kappa shape index (κ1) is 20.0. The van der Waals surface area contributed by atoms with E-state index in [1.807, 2.05) is 39.8 Å². The lowest BCUT2D eigenvalue weighted by Crippen LogP contribution is -2.40. The van der Waals surface area contributed by atoms with Gasteiger partial charge in [-0.15, -0.1) is 13.2 Å². The van der Waals surface area contributed by atoms with Crippen LogP contribution in [-0.4, -0.2) is 10.7 Å². The molecule has 2 aromatic rings. The molecule has 4 heteroatoms. The van der Waals surface area contributed by atoms with Gasteiger partial charge in [-0.2, -0.15) is 0 Å². The molecule has 4 nitrogen and oxygen atoms in total. The van der Waals surface area contributed by atoms with Gasteiger partial charge in [-0.05, 0) is 31.6 Å². The number of aromatic hydroxyl groups is 1. The van der Waals surface area contributed by atoms with Crippen molar-refractivity contribution >= 4 is 17.0 Å². The summed E-state index contributed by atoms with van der Waals surface area (Å²) in [5, 5.41) is 11.5. The Morgan fingerprint density at radius 2 is 1.68 bits per heavy atom. The number of phenolic OH excluding ortho intramolecular Hbond substituents is 1. The van der Waals surface area contributed by atoms with Gasteiger partial charge < -0.3 is 14.3 Å². The maximum atomic E-state index is 11.9. The van der Waals surface area contributed by atoms with E-state index >= 15 is 0 Å². The molecular weight excluding hydrogens is 352 g/mol. The Hall–Kier alpha value is -2.75. The largest absolute Gasteiger partial charge is 0.506 e. The van der Waals surface area contributed by atoms with Crippen molar-refractivity contribution in [2.75, 3.05) is 0 Å². The summed E-state index contributed by atoms with van der Waals surface area (Å²) in [6.07, 6.45) is 5.64. The fourth-order valence-corrected chi connectivity index (χ4v) is 3.91. The number of hydrogen-bond donors (Lipinski definition) is 1. The third-order valence-electron chi connectivity index (χ3n) is 5.70. The van der Waals surface area contributed by atoms with Crippen molar-refractivity contribution in [2.45, 2.75) is 52.6 Å². The molecule has 0 radical (unpaired) electrons. The van der Waals surface area contributed by atoms with Crippen LogP contribution in [0, 0.1) is 5.41 Å². The summed E-state index contributed by atoms with van der Waals surface area (Å²) in [6, 6.07) is 2.90. The van der Waals surface area contributed by atoms with Gasteiger partial charge in [-0.1, -0.05) is 39.8 Å². The number of ether oxygens (including phenoxy) is 1. The third kappa shape index (κ3) is 2.88. The molecule has 0 aliphatic carbocycles. The average Bonchev–Trinajstić information content (AvgIpc) is 2.60. The molecule has 0 saturated heterocycles. The van der Waals surface area contributed by atoms with Gasteiger partial charge in [0.25, 0.3) is 0 Å².